The van der Waals surface area contributed by atoms with E-state index in [0.29, 0.717) is 18.0 Å². The molecule has 1 saturated heterocycles. The van der Waals surface area contributed by atoms with Crippen molar-refractivity contribution in [2.45, 2.75) is 59.0 Å². The highest BCUT2D eigenvalue weighted by atomic mass is 16.2. The van der Waals surface area contributed by atoms with Gasteiger partial charge in [0.25, 0.3) is 11.8 Å². The molecule has 0 bridgehead atoms. The van der Waals surface area contributed by atoms with Crippen molar-refractivity contribution < 1.29 is 19.2 Å². The third-order valence-corrected chi connectivity index (χ3v) is 3.90. The molecule has 0 spiro atoms. The molecule has 5 amide bonds. The van der Waals surface area contributed by atoms with Gasteiger partial charge in [-0.05, 0) is 40.7 Å². The molecular weight excluding hydrogens is 326 g/mol. The average molecular weight is 355 g/mol. The third kappa shape index (κ3) is 5.70. The van der Waals surface area contributed by atoms with Gasteiger partial charge in [-0.3, -0.25) is 24.7 Å². The third-order valence-electron chi connectivity index (χ3n) is 3.90. The Kier molecular flexibility index (Phi) is 6.53. The van der Waals surface area contributed by atoms with Crippen LogP contribution in [0.25, 0.3) is 0 Å². The number of hydrogen-bond donors (Lipinski definition) is 3. The number of carbonyl (C=O) groups excluding carboxylic acids is 4. The number of amides is 5. The topological polar surface area (TPSA) is 111 Å². The smallest absolute Gasteiger partial charge is 0.344 e. The van der Waals surface area contributed by atoms with Crippen molar-refractivity contribution >= 4 is 23.8 Å². The van der Waals surface area contributed by atoms with Gasteiger partial charge in [0, 0.05) is 5.54 Å². The van der Waals surface area contributed by atoms with Crippen molar-refractivity contribution in [3.8, 4) is 0 Å². The van der Waals surface area contributed by atoms with Crippen LogP contribution in [0.15, 0.2) is 0 Å². The van der Waals surface area contributed by atoms with E-state index in [1.807, 2.05) is 27.7 Å². The average Bonchev–Trinajstić information content (AvgIpc) is 2.68. The minimum Gasteiger partial charge on any atom is -0.350 e. The highest BCUT2D eigenvalue weighted by molar-refractivity contribution is 6.07. The van der Waals surface area contributed by atoms with Crippen molar-refractivity contribution in [3.63, 3.8) is 0 Å². The Hall–Kier alpha value is -2.16. The van der Waals surface area contributed by atoms with Gasteiger partial charge < -0.3 is 10.6 Å². The van der Waals surface area contributed by atoms with E-state index in [0.717, 1.165) is 0 Å². The lowest BCUT2D eigenvalue weighted by Gasteiger charge is -2.25. The molecule has 1 aliphatic rings. The molecule has 1 unspecified atom stereocenters. The lowest BCUT2D eigenvalue weighted by Crippen LogP contribution is -2.52. The summed E-state index contributed by atoms with van der Waals surface area (Å²) in [4.78, 5) is 49.9. The Balaban J connectivity index is 2.61. The predicted octanol–water partition coefficient (Wildman–Crippen LogP) is -0.0253. The van der Waals surface area contributed by atoms with Crippen molar-refractivity contribution in [1.82, 2.24) is 26.0 Å². The van der Waals surface area contributed by atoms with Gasteiger partial charge in [0.2, 0.25) is 5.91 Å². The Morgan fingerprint density at radius 1 is 1.16 bits per heavy atom. The summed E-state index contributed by atoms with van der Waals surface area (Å²) in [5.41, 5.74) is 0.943. The summed E-state index contributed by atoms with van der Waals surface area (Å²) in [6.07, 6.45) is 0.415. The van der Waals surface area contributed by atoms with Crippen LogP contribution in [0, 0.1) is 0 Å². The normalized spacial score (nSPS) is 20.7. The Morgan fingerprint density at radius 3 is 2.16 bits per heavy atom. The van der Waals surface area contributed by atoms with E-state index in [-0.39, 0.29) is 24.5 Å². The standard InChI is InChI=1S/C16H29N5O4/c1-7-16(6)13(24)21(14(25)18-16)19-12(23)10-20(8-2)9-11(22)17-15(3,4)5/h7-10H2,1-6H3,(H,17,22)(H,18,25)(H,19,23). The number of hydrogen-bond acceptors (Lipinski definition) is 5. The van der Waals surface area contributed by atoms with E-state index in [2.05, 4.69) is 16.1 Å². The molecule has 9 nitrogen and oxygen atoms in total. The molecule has 0 aromatic rings. The molecule has 1 fully saturated rings. The van der Waals surface area contributed by atoms with E-state index in [4.69, 9.17) is 0 Å². The van der Waals surface area contributed by atoms with Crippen LogP contribution in [0.4, 0.5) is 4.79 Å². The number of carbonyl (C=O) groups is 4. The second-order valence-electron chi connectivity index (χ2n) is 7.39. The first kappa shape index (κ1) is 20.9. The minimum absolute atomic E-state index is 0.0496. The maximum absolute atomic E-state index is 12.2. The van der Waals surface area contributed by atoms with Gasteiger partial charge in [-0.25, -0.2) is 4.79 Å². The van der Waals surface area contributed by atoms with E-state index in [1.54, 1.807) is 18.7 Å². The van der Waals surface area contributed by atoms with Crippen LogP contribution < -0.4 is 16.1 Å². The maximum Gasteiger partial charge on any atom is 0.344 e. The number of likely N-dealkylation sites (N-methyl/N-ethyl adjacent to an activating group) is 1. The van der Waals surface area contributed by atoms with E-state index < -0.39 is 23.4 Å². The summed E-state index contributed by atoms with van der Waals surface area (Å²) in [6.45, 7) is 11.2. The number of rotatable bonds is 7. The molecule has 25 heavy (non-hydrogen) atoms. The van der Waals surface area contributed by atoms with Crippen molar-refractivity contribution in [2.75, 3.05) is 19.6 Å². The zero-order valence-corrected chi connectivity index (χ0v) is 15.9. The molecule has 1 heterocycles. The van der Waals surface area contributed by atoms with Gasteiger partial charge >= 0.3 is 6.03 Å². The Morgan fingerprint density at radius 2 is 1.72 bits per heavy atom. The fraction of sp³-hybridized carbons (Fsp3) is 0.750. The Labute approximate surface area is 148 Å². The number of urea groups is 1. The molecule has 0 aliphatic carbocycles. The molecule has 1 rings (SSSR count). The van der Waals surface area contributed by atoms with Gasteiger partial charge in [0.05, 0.1) is 13.1 Å². The largest absolute Gasteiger partial charge is 0.350 e. The second-order valence-corrected chi connectivity index (χ2v) is 7.39. The molecule has 3 N–H and O–H groups in total. The van der Waals surface area contributed by atoms with Crippen LogP contribution in [-0.2, 0) is 14.4 Å². The van der Waals surface area contributed by atoms with Crippen LogP contribution in [0.3, 0.4) is 0 Å². The van der Waals surface area contributed by atoms with Gasteiger partial charge in [-0.2, -0.15) is 5.01 Å². The first-order valence-corrected chi connectivity index (χ1v) is 8.41. The maximum atomic E-state index is 12.2. The quantitative estimate of drug-likeness (QED) is 0.556. The van der Waals surface area contributed by atoms with Crippen LogP contribution in [0.2, 0.25) is 0 Å². The molecule has 0 radical (unpaired) electrons. The molecular formula is C16H29N5O4. The number of nitrogens with one attached hydrogen (secondary N) is 3. The fourth-order valence-corrected chi connectivity index (χ4v) is 2.33. The molecule has 1 atom stereocenters. The monoisotopic (exact) mass is 355 g/mol. The molecule has 0 aromatic carbocycles. The summed E-state index contributed by atoms with van der Waals surface area (Å²) in [7, 11) is 0. The minimum atomic E-state index is -1.01. The van der Waals surface area contributed by atoms with Crippen LogP contribution in [-0.4, -0.2) is 64.4 Å². The van der Waals surface area contributed by atoms with E-state index >= 15 is 0 Å². The number of hydrazine groups is 1. The first-order chi connectivity index (χ1) is 11.4. The molecule has 0 saturated carbocycles. The highest BCUT2D eigenvalue weighted by Crippen LogP contribution is 2.19. The number of nitrogens with zero attached hydrogens (tertiary/aromatic N) is 2. The summed E-state index contributed by atoms with van der Waals surface area (Å²) >= 11 is 0. The van der Waals surface area contributed by atoms with Crippen molar-refractivity contribution in [3.05, 3.63) is 0 Å². The lowest BCUT2D eigenvalue weighted by molar-refractivity contribution is -0.139. The van der Waals surface area contributed by atoms with Crippen LogP contribution >= 0.6 is 0 Å². The molecule has 0 aromatic heterocycles. The predicted molar refractivity (Wildman–Crippen MR) is 92.2 cm³/mol. The van der Waals surface area contributed by atoms with Gasteiger partial charge in [-0.1, -0.05) is 13.8 Å². The molecule has 1 aliphatic heterocycles. The van der Waals surface area contributed by atoms with Crippen LogP contribution in [0.5, 0.6) is 0 Å². The summed E-state index contributed by atoms with van der Waals surface area (Å²) in [6, 6.07) is -0.656. The highest BCUT2D eigenvalue weighted by Gasteiger charge is 2.47. The van der Waals surface area contributed by atoms with E-state index in [1.165, 1.54) is 0 Å². The van der Waals surface area contributed by atoms with Gasteiger partial charge in [0.15, 0.2) is 0 Å². The van der Waals surface area contributed by atoms with E-state index in [9.17, 15) is 19.2 Å². The zero-order valence-electron chi connectivity index (χ0n) is 15.9. The Bertz CT molecular complexity index is 557. The van der Waals surface area contributed by atoms with Crippen molar-refractivity contribution in [1.29, 1.82) is 0 Å². The SMILES string of the molecule is CCN(CC(=O)NN1C(=O)NC(C)(CC)C1=O)CC(=O)NC(C)(C)C. The number of imide groups is 1. The lowest BCUT2D eigenvalue weighted by atomic mass is 10.00. The molecule has 142 valence electrons. The fourth-order valence-electron chi connectivity index (χ4n) is 2.33. The van der Waals surface area contributed by atoms with Gasteiger partial charge in [0.1, 0.15) is 5.54 Å². The summed E-state index contributed by atoms with van der Waals surface area (Å²) < 4.78 is 0. The first-order valence-electron chi connectivity index (χ1n) is 8.41. The second kappa shape index (κ2) is 7.81. The zero-order chi connectivity index (χ0) is 19.4. The van der Waals surface area contributed by atoms with Gasteiger partial charge in [-0.15, -0.1) is 0 Å². The van der Waals surface area contributed by atoms with Crippen molar-refractivity contribution in [2.24, 2.45) is 0 Å². The summed E-state index contributed by atoms with van der Waals surface area (Å²) in [5, 5.41) is 6.08. The molecule has 9 heteroatoms. The summed E-state index contributed by atoms with van der Waals surface area (Å²) in [5.74, 6) is -1.23. The van der Waals surface area contributed by atoms with Crippen LogP contribution in [0.1, 0.15) is 48.0 Å².